The predicted molar refractivity (Wildman–Crippen MR) is 92.3 cm³/mol. The van der Waals surface area contributed by atoms with E-state index in [0.29, 0.717) is 18.4 Å². The molecule has 1 aliphatic heterocycles. The number of hydrogen-bond acceptors (Lipinski definition) is 5. The van der Waals surface area contributed by atoms with Gasteiger partial charge in [0.25, 0.3) is 0 Å². The quantitative estimate of drug-likeness (QED) is 0.868. The van der Waals surface area contributed by atoms with Crippen molar-refractivity contribution in [2.24, 2.45) is 0 Å². The molecule has 3 rings (SSSR count). The summed E-state index contributed by atoms with van der Waals surface area (Å²) in [6.45, 7) is 8.49. The summed E-state index contributed by atoms with van der Waals surface area (Å²) in [6.07, 6.45) is 3.18. The van der Waals surface area contributed by atoms with Crippen molar-refractivity contribution < 1.29 is 14.4 Å². The summed E-state index contributed by atoms with van der Waals surface area (Å²) in [5.74, 6) is 1.76. The predicted octanol–water partition coefficient (Wildman–Crippen LogP) is 3.99. The van der Waals surface area contributed by atoms with E-state index in [0.717, 1.165) is 42.9 Å². The highest BCUT2D eigenvalue weighted by Crippen LogP contribution is 2.37. The number of benzene rings is 1. The number of phenolic OH excluding ortho intramolecular Hbond substituents is 1. The van der Waals surface area contributed by atoms with Crippen molar-refractivity contribution in [1.82, 2.24) is 10.1 Å². The van der Waals surface area contributed by atoms with Crippen LogP contribution in [0.5, 0.6) is 11.5 Å². The van der Waals surface area contributed by atoms with Gasteiger partial charge in [0.1, 0.15) is 5.76 Å². The highest BCUT2D eigenvalue weighted by molar-refractivity contribution is 5.42. The van der Waals surface area contributed by atoms with Crippen molar-refractivity contribution in [2.45, 2.75) is 52.6 Å². The molecule has 0 bridgehead atoms. The fraction of sp³-hybridized carbons (Fsp3) is 0.526. The fourth-order valence-corrected chi connectivity index (χ4v) is 3.61. The third kappa shape index (κ3) is 3.26. The van der Waals surface area contributed by atoms with E-state index < -0.39 is 0 Å². The molecule has 2 heterocycles. The van der Waals surface area contributed by atoms with E-state index >= 15 is 0 Å². The van der Waals surface area contributed by atoms with Gasteiger partial charge in [-0.3, -0.25) is 4.90 Å². The Morgan fingerprint density at radius 1 is 1.38 bits per heavy atom. The van der Waals surface area contributed by atoms with Crippen molar-refractivity contribution in [1.29, 1.82) is 0 Å². The number of aromatic hydroxyl groups is 1. The Hall–Kier alpha value is -2.01. The van der Waals surface area contributed by atoms with Gasteiger partial charge in [0, 0.05) is 24.6 Å². The molecule has 1 aromatic heterocycles. The summed E-state index contributed by atoms with van der Waals surface area (Å²) in [5, 5.41) is 14.0. The lowest BCUT2D eigenvalue weighted by Gasteiger charge is -2.25. The smallest absolute Gasteiger partial charge is 0.161 e. The maximum atomic E-state index is 9.87. The van der Waals surface area contributed by atoms with E-state index in [4.69, 9.17) is 9.26 Å². The molecule has 1 aromatic carbocycles. The van der Waals surface area contributed by atoms with Crippen molar-refractivity contribution in [3.8, 4) is 11.5 Å². The number of aryl methyl sites for hydroxylation is 2. The van der Waals surface area contributed by atoms with Crippen LogP contribution in [-0.2, 0) is 13.0 Å². The zero-order valence-corrected chi connectivity index (χ0v) is 14.7. The van der Waals surface area contributed by atoms with Gasteiger partial charge < -0.3 is 14.4 Å². The zero-order chi connectivity index (χ0) is 17.1. The minimum absolute atomic E-state index is 0.196. The summed E-state index contributed by atoms with van der Waals surface area (Å²) in [5.41, 5.74) is 3.42. The Bertz CT molecular complexity index is 696. The van der Waals surface area contributed by atoms with Crippen LogP contribution in [0.3, 0.4) is 0 Å². The Morgan fingerprint density at radius 3 is 2.96 bits per heavy atom. The lowest BCUT2D eigenvalue weighted by atomic mass is 10.0. The van der Waals surface area contributed by atoms with E-state index in [1.807, 2.05) is 26.0 Å². The number of phenols is 1. The summed E-state index contributed by atoms with van der Waals surface area (Å²) in [6, 6.07) is 5.98. The maximum absolute atomic E-state index is 9.87. The fourth-order valence-electron chi connectivity index (χ4n) is 3.61. The number of hydrogen-bond donors (Lipinski definition) is 1. The number of ether oxygens (including phenoxy) is 1. The van der Waals surface area contributed by atoms with Gasteiger partial charge in [-0.05, 0) is 50.9 Å². The zero-order valence-electron chi connectivity index (χ0n) is 14.7. The topological polar surface area (TPSA) is 58.7 Å². The highest BCUT2D eigenvalue weighted by Gasteiger charge is 2.31. The molecule has 0 aliphatic carbocycles. The first kappa shape index (κ1) is 16.8. The van der Waals surface area contributed by atoms with Crippen molar-refractivity contribution >= 4 is 0 Å². The molecular weight excluding hydrogens is 304 g/mol. The molecule has 0 saturated carbocycles. The van der Waals surface area contributed by atoms with Gasteiger partial charge >= 0.3 is 0 Å². The molecule has 1 aliphatic rings. The maximum Gasteiger partial charge on any atom is 0.161 e. The van der Waals surface area contributed by atoms with Crippen LogP contribution in [0, 0.1) is 6.92 Å². The molecular formula is C19H26N2O3. The van der Waals surface area contributed by atoms with Crippen molar-refractivity contribution in [3.63, 3.8) is 0 Å². The molecule has 1 N–H and O–H groups in total. The van der Waals surface area contributed by atoms with Gasteiger partial charge in [-0.25, -0.2) is 0 Å². The number of nitrogens with zero attached hydrogens (tertiary/aromatic N) is 2. The van der Waals surface area contributed by atoms with Crippen molar-refractivity contribution in [3.05, 3.63) is 40.8 Å². The average molecular weight is 330 g/mol. The summed E-state index contributed by atoms with van der Waals surface area (Å²) in [4.78, 5) is 2.47. The lowest BCUT2D eigenvalue weighted by Crippen LogP contribution is -2.23. The van der Waals surface area contributed by atoms with E-state index in [2.05, 4.69) is 17.0 Å². The first-order chi connectivity index (χ1) is 11.6. The lowest BCUT2D eigenvalue weighted by molar-refractivity contribution is 0.244. The molecule has 1 atom stereocenters. The summed E-state index contributed by atoms with van der Waals surface area (Å²) >= 11 is 0. The van der Waals surface area contributed by atoms with Crippen LogP contribution < -0.4 is 4.74 Å². The molecule has 0 spiro atoms. The number of aromatic nitrogens is 1. The Balaban J connectivity index is 1.82. The molecule has 24 heavy (non-hydrogen) atoms. The van der Waals surface area contributed by atoms with E-state index in [9.17, 15) is 5.11 Å². The molecule has 0 radical (unpaired) electrons. The van der Waals surface area contributed by atoms with Gasteiger partial charge in [0.15, 0.2) is 11.5 Å². The second kappa shape index (κ2) is 7.26. The monoisotopic (exact) mass is 330 g/mol. The largest absolute Gasteiger partial charge is 0.504 e. The molecule has 1 saturated heterocycles. The Kier molecular flexibility index (Phi) is 5.09. The van der Waals surface area contributed by atoms with E-state index in [1.165, 1.54) is 12.0 Å². The van der Waals surface area contributed by atoms with Gasteiger partial charge in [-0.15, -0.1) is 0 Å². The standard InChI is InChI=1S/C19H26N2O3/c1-4-17-19(13(3)20-24-17)15-7-6-10-21(15)12-14-8-9-16(22)18(11-14)23-5-2/h8-9,11,15,22H,4-7,10,12H2,1-3H3/t15-/m0/s1. The van der Waals surface area contributed by atoms with Gasteiger partial charge in [-0.2, -0.15) is 0 Å². The van der Waals surface area contributed by atoms with Gasteiger partial charge in [0.05, 0.1) is 12.3 Å². The van der Waals surface area contributed by atoms with E-state index in [-0.39, 0.29) is 5.75 Å². The minimum atomic E-state index is 0.196. The van der Waals surface area contributed by atoms with Crippen LogP contribution in [0.2, 0.25) is 0 Å². The van der Waals surface area contributed by atoms with Crippen LogP contribution in [0.15, 0.2) is 22.7 Å². The number of rotatable bonds is 6. The van der Waals surface area contributed by atoms with Crippen LogP contribution in [-0.4, -0.2) is 28.3 Å². The highest BCUT2D eigenvalue weighted by atomic mass is 16.5. The van der Waals surface area contributed by atoms with Gasteiger partial charge in [-0.1, -0.05) is 18.1 Å². The Labute approximate surface area is 143 Å². The van der Waals surface area contributed by atoms with Crippen LogP contribution in [0.4, 0.5) is 0 Å². The first-order valence-electron chi connectivity index (χ1n) is 8.77. The summed E-state index contributed by atoms with van der Waals surface area (Å²) in [7, 11) is 0. The third-order valence-corrected chi connectivity index (χ3v) is 4.71. The van der Waals surface area contributed by atoms with Crippen molar-refractivity contribution in [2.75, 3.05) is 13.2 Å². The second-order valence-corrected chi connectivity index (χ2v) is 6.32. The van der Waals surface area contributed by atoms with Gasteiger partial charge in [0.2, 0.25) is 0 Å². The molecule has 5 nitrogen and oxygen atoms in total. The first-order valence-corrected chi connectivity index (χ1v) is 8.77. The minimum Gasteiger partial charge on any atom is -0.504 e. The van der Waals surface area contributed by atoms with E-state index in [1.54, 1.807) is 6.07 Å². The molecule has 130 valence electrons. The molecule has 0 unspecified atom stereocenters. The molecule has 2 aromatic rings. The molecule has 5 heteroatoms. The number of likely N-dealkylation sites (tertiary alicyclic amines) is 1. The summed E-state index contributed by atoms with van der Waals surface area (Å²) < 4.78 is 11.0. The normalized spacial score (nSPS) is 18.2. The second-order valence-electron chi connectivity index (χ2n) is 6.32. The van der Waals surface area contributed by atoms with Crippen LogP contribution in [0.1, 0.15) is 55.3 Å². The average Bonchev–Trinajstić information content (AvgIpc) is 3.16. The Morgan fingerprint density at radius 2 is 2.21 bits per heavy atom. The van der Waals surface area contributed by atoms with Crippen LogP contribution >= 0.6 is 0 Å². The SMILES string of the molecule is CCOc1cc(CN2CCC[C@H]2c2c(C)noc2CC)ccc1O. The third-order valence-electron chi connectivity index (χ3n) is 4.71. The van der Waals surface area contributed by atoms with Crippen LogP contribution in [0.25, 0.3) is 0 Å². The molecule has 1 fully saturated rings. The molecule has 0 amide bonds.